The molecule has 15 heteroatoms. The number of nitrogens with one attached hydrogen (secondary N) is 1. The molecule has 0 aliphatic rings. The number of rotatable bonds is 7. The van der Waals surface area contributed by atoms with Gasteiger partial charge in [-0.2, -0.15) is 5.10 Å². The summed E-state index contributed by atoms with van der Waals surface area (Å²) in [7, 11) is 0. The lowest BCUT2D eigenvalue weighted by atomic mass is 10.3. The summed E-state index contributed by atoms with van der Waals surface area (Å²) in [4.78, 5) is 15.9. The lowest BCUT2D eigenvalue weighted by Crippen LogP contribution is -2.26. The Morgan fingerprint density at radius 3 is 2.41 bits per heavy atom. The van der Waals surface area contributed by atoms with Crippen LogP contribution in [-0.4, -0.2) is 41.1 Å². The Hall–Kier alpha value is -2.84. The predicted octanol–water partition coefficient (Wildman–Crippen LogP) is 3.63. The first kappa shape index (κ1) is 20.9. The first-order valence-electron chi connectivity index (χ1n) is 7.87. The van der Waals surface area contributed by atoms with Crippen LogP contribution in [0.2, 0.25) is 0 Å². The molecule has 8 nitrogen and oxygen atoms in total. The quantitative estimate of drug-likeness (QED) is 0.447. The van der Waals surface area contributed by atoms with Crippen LogP contribution in [0.15, 0.2) is 17.3 Å². The fourth-order valence-electron chi connectivity index (χ4n) is 2.31. The third kappa shape index (κ3) is 4.13. The van der Waals surface area contributed by atoms with Crippen LogP contribution in [0.5, 0.6) is 0 Å². The maximum Gasteiger partial charge on any atom is 0.299 e. The molecular weight excluding hydrogens is 428 g/mol. The molecule has 156 valence electrons. The SMILES string of the molecule is CCSc1nnc(C(F)F)n1NC(=O)c1cc2nc(C(F)F)cc(C(F)F)n2n1. The van der Waals surface area contributed by atoms with E-state index in [9.17, 15) is 31.1 Å². The highest BCUT2D eigenvalue weighted by Gasteiger charge is 2.25. The van der Waals surface area contributed by atoms with Gasteiger partial charge in [-0.1, -0.05) is 18.7 Å². The molecule has 3 aromatic heterocycles. The zero-order valence-electron chi connectivity index (χ0n) is 14.4. The van der Waals surface area contributed by atoms with Crippen molar-refractivity contribution in [2.24, 2.45) is 0 Å². The summed E-state index contributed by atoms with van der Waals surface area (Å²) in [5.41, 5.74) is -0.648. The van der Waals surface area contributed by atoms with Crippen LogP contribution in [0.25, 0.3) is 5.65 Å². The largest absolute Gasteiger partial charge is 0.299 e. The van der Waals surface area contributed by atoms with E-state index in [4.69, 9.17) is 0 Å². The van der Waals surface area contributed by atoms with E-state index in [2.05, 4.69) is 25.7 Å². The van der Waals surface area contributed by atoms with Gasteiger partial charge in [0.05, 0.1) is 0 Å². The zero-order chi connectivity index (χ0) is 21.3. The van der Waals surface area contributed by atoms with Gasteiger partial charge in [0.1, 0.15) is 11.4 Å². The zero-order valence-corrected chi connectivity index (χ0v) is 15.2. The van der Waals surface area contributed by atoms with E-state index >= 15 is 0 Å². The molecule has 1 N–H and O–H groups in total. The van der Waals surface area contributed by atoms with E-state index in [1.54, 1.807) is 6.92 Å². The van der Waals surface area contributed by atoms with Gasteiger partial charge in [-0.05, 0) is 11.8 Å². The number of hydrogen-bond acceptors (Lipinski definition) is 6. The van der Waals surface area contributed by atoms with Gasteiger partial charge in [-0.3, -0.25) is 10.2 Å². The number of aromatic nitrogens is 6. The first-order valence-corrected chi connectivity index (χ1v) is 8.86. The fourth-order valence-corrected chi connectivity index (χ4v) is 2.93. The van der Waals surface area contributed by atoms with Crippen LogP contribution < -0.4 is 5.43 Å². The van der Waals surface area contributed by atoms with Gasteiger partial charge >= 0.3 is 0 Å². The normalized spacial score (nSPS) is 11.9. The summed E-state index contributed by atoms with van der Waals surface area (Å²) in [6.45, 7) is 1.72. The third-order valence-electron chi connectivity index (χ3n) is 3.49. The van der Waals surface area contributed by atoms with Gasteiger partial charge in [0.2, 0.25) is 11.0 Å². The van der Waals surface area contributed by atoms with Crippen LogP contribution in [0, 0.1) is 0 Å². The third-order valence-corrected chi connectivity index (χ3v) is 4.31. The molecule has 0 radical (unpaired) electrons. The summed E-state index contributed by atoms with van der Waals surface area (Å²) in [5, 5.41) is 10.4. The first-order chi connectivity index (χ1) is 13.7. The Bertz CT molecular complexity index is 1040. The minimum Gasteiger partial charge on any atom is -0.266 e. The molecule has 0 aromatic carbocycles. The maximum absolute atomic E-state index is 13.2. The van der Waals surface area contributed by atoms with E-state index < -0.39 is 53.7 Å². The number of hydrogen-bond donors (Lipinski definition) is 1. The van der Waals surface area contributed by atoms with Crippen molar-refractivity contribution in [1.82, 2.24) is 29.5 Å². The Morgan fingerprint density at radius 1 is 1.10 bits per heavy atom. The molecule has 29 heavy (non-hydrogen) atoms. The van der Waals surface area contributed by atoms with Crippen LogP contribution in [0.3, 0.4) is 0 Å². The van der Waals surface area contributed by atoms with Crippen molar-refractivity contribution in [3.8, 4) is 0 Å². The minimum absolute atomic E-state index is 0.0358. The Kier molecular flexibility index (Phi) is 5.95. The summed E-state index contributed by atoms with van der Waals surface area (Å²) < 4.78 is 79.5. The Balaban J connectivity index is 2.00. The van der Waals surface area contributed by atoms with Crippen LogP contribution in [0.4, 0.5) is 26.3 Å². The molecule has 0 aliphatic heterocycles. The molecule has 0 spiro atoms. The highest BCUT2D eigenvalue weighted by molar-refractivity contribution is 7.99. The maximum atomic E-state index is 13.2. The number of halogens is 6. The number of fused-ring (bicyclic) bond motifs is 1. The number of nitrogens with zero attached hydrogens (tertiary/aromatic N) is 6. The van der Waals surface area contributed by atoms with Crippen molar-refractivity contribution in [3.63, 3.8) is 0 Å². The Morgan fingerprint density at radius 2 is 1.83 bits per heavy atom. The van der Waals surface area contributed by atoms with Gasteiger partial charge in [0, 0.05) is 6.07 Å². The van der Waals surface area contributed by atoms with E-state index in [0.29, 0.717) is 21.0 Å². The summed E-state index contributed by atoms with van der Waals surface area (Å²) in [5.74, 6) is -1.48. The summed E-state index contributed by atoms with van der Waals surface area (Å²) in [6, 6.07) is 1.35. The van der Waals surface area contributed by atoms with Gasteiger partial charge in [0.25, 0.3) is 25.2 Å². The predicted molar refractivity (Wildman–Crippen MR) is 88.0 cm³/mol. The number of carbonyl (C=O) groups is 1. The molecule has 0 fully saturated rings. The molecule has 0 saturated heterocycles. The smallest absolute Gasteiger partial charge is 0.266 e. The molecular formula is C14H11F6N7OS. The molecule has 0 unspecified atom stereocenters. The average molecular weight is 439 g/mol. The molecule has 0 saturated carbocycles. The van der Waals surface area contributed by atoms with Crippen LogP contribution >= 0.6 is 11.8 Å². The molecule has 0 aliphatic carbocycles. The molecule has 3 aromatic rings. The van der Waals surface area contributed by atoms with Gasteiger partial charge in [0.15, 0.2) is 11.3 Å². The number of amides is 1. The topological polar surface area (TPSA) is 90.0 Å². The monoisotopic (exact) mass is 439 g/mol. The summed E-state index contributed by atoms with van der Waals surface area (Å²) in [6.07, 6.45) is -9.36. The van der Waals surface area contributed by atoms with Gasteiger partial charge in [-0.15, -0.1) is 10.2 Å². The van der Waals surface area contributed by atoms with Crippen molar-refractivity contribution in [2.45, 2.75) is 31.4 Å². The fraction of sp³-hybridized carbons (Fsp3) is 0.357. The van der Waals surface area contributed by atoms with E-state index in [1.165, 1.54) is 0 Å². The van der Waals surface area contributed by atoms with Crippen molar-refractivity contribution in [2.75, 3.05) is 11.2 Å². The minimum atomic E-state index is -3.18. The molecule has 3 rings (SSSR count). The molecule has 3 heterocycles. The average Bonchev–Trinajstić information content (AvgIpc) is 3.25. The number of carbonyl (C=O) groups excluding carboxylic acids is 1. The second kappa shape index (κ2) is 8.26. The standard InChI is InChI=1S/C14H11F6N7OS/c1-2-29-14-23-22-12(11(19)20)27(14)25-13(28)6-4-8-21-5(9(15)16)3-7(10(17)18)26(8)24-6/h3-4,9-11H,2H2,1H3,(H,25,28). The van der Waals surface area contributed by atoms with Crippen molar-refractivity contribution in [3.05, 3.63) is 35.0 Å². The summed E-state index contributed by atoms with van der Waals surface area (Å²) >= 11 is 1.01. The van der Waals surface area contributed by atoms with Gasteiger partial charge < -0.3 is 0 Å². The highest BCUT2D eigenvalue weighted by atomic mass is 32.2. The van der Waals surface area contributed by atoms with E-state index in [-0.39, 0.29) is 5.16 Å². The van der Waals surface area contributed by atoms with Crippen molar-refractivity contribution < 1.29 is 31.1 Å². The second-order valence-corrected chi connectivity index (χ2v) is 6.59. The van der Waals surface area contributed by atoms with Crippen LogP contribution in [-0.2, 0) is 0 Å². The Labute approximate surface area is 162 Å². The lowest BCUT2D eigenvalue weighted by molar-refractivity contribution is 0.0990. The van der Waals surface area contributed by atoms with Crippen molar-refractivity contribution >= 4 is 23.3 Å². The molecule has 0 atom stereocenters. The number of thioether (sulfide) groups is 1. The van der Waals surface area contributed by atoms with Crippen LogP contribution in [0.1, 0.15) is 53.9 Å². The molecule has 0 bridgehead atoms. The number of alkyl halides is 6. The van der Waals surface area contributed by atoms with E-state index in [0.717, 1.165) is 17.8 Å². The van der Waals surface area contributed by atoms with Gasteiger partial charge in [-0.25, -0.2) is 40.5 Å². The second-order valence-electron chi connectivity index (χ2n) is 5.36. The van der Waals surface area contributed by atoms with Crippen molar-refractivity contribution in [1.29, 1.82) is 0 Å². The highest BCUT2D eigenvalue weighted by Crippen LogP contribution is 2.26. The lowest BCUT2D eigenvalue weighted by Gasteiger charge is -2.09. The van der Waals surface area contributed by atoms with E-state index in [1.807, 2.05) is 0 Å². The molecule has 1 amide bonds.